The van der Waals surface area contributed by atoms with Gasteiger partial charge in [0.1, 0.15) is 0 Å². The topological polar surface area (TPSA) is 63.8 Å². The van der Waals surface area contributed by atoms with Gasteiger partial charge < -0.3 is 9.73 Å². The second-order valence-electron chi connectivity index (χ2n) is 4.95. The molecule has 0 atom stereocenters. The molecule has 2 heterocycles. The third-order valence-corrected chi connectivity index (χ3v) is 4.72. The molecule has 0 aliphatic rings. The van der Waals surface area contributed by atoms with Crippen LogP contribution in [-0.4, -0.2) is 21.2 Å². The first-order valence-corrected chi connectivity index (χ1v) is 8.74. The molecule has 0 spiro atoms. The van der Waals surface area contributed by atoms with Crippen LogP contribution >= 0.6 is 23.1 Å². The predicted octanol–water partition coefficient (Wildman–Crippen LogP) is 4.31. The number of nitrogens with zero attached hydrogens (tertiary/aromatic N) is 3. The van der Waals surface area contributed by atoms with Crippen LogP contribution in [0.2, 0.25) is 0 Å². The van der Waals surface area contributed by atoms with Crippen molar-refractivity contribution in [2.75, 3.05) is 5.32 Å². The largest absolute Gasteiger partial charge is 0.440 e. The fourth-order valence-electron chi connectivity index (χ4n) is 1.81. The van der Waals surface area contributed by atoms with Crippen LogP contribution in [0.25, 0.3) is 11.3 Å². The lowest BCUT2D eigenvalue weighted by Gasteiger charge is -2.02. The summed E-state index contributed by atoms with van der Waals surface area (Å²) in [5, 5.41) is 12.3. The van der Waals surface area contributed by atoms with Crippen LogP contribution in [-0.2, 0) is 5.75 Å². The molecule has 3 rings (SSSR count). The molecule has 0 unspecified atom stereocenters. The van der Waals surface area contributed by atoms with Crippen LogP contribution in [0.1, 0.15) is 19.7 Å². The molecule has 114 valence electrons. The molecule has 0 saturated heterocycles. The Bertz CT molecular complexity index is 724. The standard InChI is InChI=1S/C15H16N4OS2/c1-10(2)17-14-18-19-15(22-14)21-9-13-16-8-12(20-13)11-6-4-3-5-7-11/h3-8,10H,9H2,1-2H3,(H,17,18). The van der Waals surface area contributed by atoms with E-state index in [1.165, 1.54) is 0 Å². The molecule has 1 aromatic carbocycles. The van der Waals surface area contributed by atoms with Gasteiger partial charge in [-0.2, -0.15) is 0 Å². The molecule has 0 aliphatic carbocycles. The van der Waals surface area contributed by atoms with E-state index in [1.54, 1.807) is 29.3 Å². The van der Waals surface area contributed by atoms with Gasteiger partial charge in [0.25, 0.3) is 0 Å². The molecule has 2 aromatic heterocycles. The maximum Gasteiger partial charge on any atom is 0.206 e. The van der Waals surface area contributed by atoms with Crippen LogP contribution in [0.15, 0.2) is 45.3 Å². The second-order valence-corrected chi connectivity index (χ2v) is 7.15. The van der Waals surface area contributed by atoms with Gasteiger partial charge in [-0.3, -0.25) is 0 Å². The van der Waals surface area contributed by atoms with Crippen molar-refractivity contribution in [3.63, 3.8) is 0 Å². The number of benzene rings is 1. The Hall–Kier alpha value is -1.86. The van der Waals surface area contributed by atoms with E-state index in [2.05, 4.69) is 34.3 Å². The zero-order chi connectivity index (χ0) is 15.4. The SMILES string of the molecule is CC(C)Nc1nnc(SCc2ncc(-c3ccccc3)o2)s1. The summed E-state index contributed by atoms with van der Waals surface area (Å²) in [6.07, 6.45) is 1.76. The van der Waals surface area contributed by atoms with Crippen molar-refractivity contribution in [2.45, 2.75) is 30.0 Å². The minimum Gasteiger partial charge on any atom is -0.440 e. The van der Waals surface area contributed by atoms with E-state index >= 15 is 0 Å². The maximum absolute atomic E-state index is 5.77. The third kappa shape index (κ3) is 3.86. The Labute approximate surface area is 137 Å². The summed E-state index contributed by atoms with van der Waals surface area (Å²) in [7, 11) is 0. The van der Waals surface area contributed by atoms with Crippen LogP contribution in [0.3, 0.4) is 0 Å². The smallest absolute Gasteiger partial charge is 0.206 e. The lowest BCUT2D eigenvalue weighted by Crippen LogP contribution is -2.08. The normalized spacial score (nSPS) is 11.0. The highest BCUT2D eigenvalue weighted by Crippen LogP contribution is 2.29. The number of nitrogens with one attached hydrogen (secondary N) is 1. The Morgan fingerprint density at radius 3 is 2.82 bits per heavy atom. The van der Waals surface area contributed by atoms with E-state index in [9.17, 15) is 0 Å². The maximum atomic E-state index is 5.77. The monoisotopic (exact) mass is 332 g/mol. The van der Waals surface area contributed by atoms with E-state index in [4.69, 9.17) is 4.42 Å². The van der Waals surface area contributed by atoms with E-state index in [-0.39, 0.29) is 0 Å². The average Bonchev–Trinajstić information content (AvgIpc) is 3.15. The summed E-state index contributed by atoms with van der Waals surface area (Å²) in [6, 6.07) is 10.3. The van der Waals surface area contributed by atoms with Crippen molar-refractivity contribution >= 4 is 28.2 Å². The molecule has 0 radical (unpaired) electrons. The summed E-state index contributed by atoms with van der Waals surface area (Å²) in [4.78, 5) is 4.32. The van der Waals surface area contributed by atoms with Gasteiger partial charge in [-0.25, -0.2) is 4.98 Å². The predicted molar refractivity (Wildman–Crippen MR) is 90.2 cm³/mol. The molecule has 1 N–H and O–H groups in total. The molecule has 3 aromatic rings. The molecule has 0 bridgehead atoms. The quantitative estimate of drug-likeness (QED) is 0.679. The summed E-state index contributed by atoms with van der Waals surface area (Å²) in [5.74, 6) is 2.12. The van der Waals surface area contributed by atoms with Crippen molar-refractivity contribution in [3.8, 4) is 11.3 Å². The van der Waals surface area contributed by atoms with Gasteiger partial charge in [0.05, 0.1) is 11.9 Å². The summed E-state index contributed by atoms with van der Waals surface area (Å²) in [5.41, 5.74) is 1.03. The van der Waals surface area contributed by atoms with Crippen molar-refractivity contribution in [1.29, 1.82) is 0 Å². The van der Waals surface area contributed by atoms with Crippen LogP contribution in [0, 0.1) is 0 Å². The lowest BCUT2D eigenvalue weighted by molar-refractivity contribution is 0.530. The minimum absolute atomic E-state index is 0.353. The first kappa shape index (κ1) is 15.1. The van der Waals surface area contributed by atoms with Crippen LogP contribution in [0.5, 0.6) is 0 Å². The van der Waals surface area contributed by atoms with Gasteiger partial charge in [0, 0.05) is 11.6 Å². The number of rotatable bonds is 6. The highest BCUT2D eigenvalue weighted by Gasteiger charge is 2.10. The number of thioether (sulfide) groups is 1. The van der Waals surface area contributed by atoms with Crippen molar-refractivity contribution in [3.05, 3.63) is 42.4 Å². The van der Waals surface area contributed by atoms with Gasteiger partial charge in [-0.1, -0.05) is 53.4 Å². The van der Waals surface area contributed by atoms with Gasteiger partial charge in [-0.05, 0) is 13.8 Å². The Morgan fingerprint density at radius 1 is 1.23 bits per heavy atom. The van der Waals surface area contributed by atoms with Crippen LogP contribution in [0.4, 0.5) is 5.13 Å². The van der Waals surface area contributed by atoms with E-state index in [0.717, 1.165) is 20.8 Å². The van der Waals surface area contributed by atoms with Crippen molar-refractivity contribution in [2.24, 2.45) is 0 Å². The van der Waals surface area contributed by atoms with Gasteiger partial charge in [-0.15, -0.1) is 10.2 Å². The molecule has 5 nitrogen and oxygen atoms in total. The molecule has 0 saturated carbocycles. The van der Waals surface area contributed by atoms with Crippen molar-refractivity contribution < 1.29 is 4.42 Å². The second kappa shape index (κ2) is 6.93. The summed E-state index contributed by atoms with van der Waals surface area (Å²) in [6.45, 7) is 4.15. The van der Waals surface area contributed by atoms with E-state index in [1.807, 2.05) is 30.3 Å². The molecular formula is C15H16N4OS2. The fourth-order valence-corrected chi connectivity index (χ4v) is 3.56. The van der Waals surface area contributed by atoms with Gasteiger partial charge >= 0.3 is 0 Å². The number of hydrogen-bond donors (Lipinski definition) is 1. The Kier molecular flexibility index (Phi) is 4.74. The number of hydrogen-bond acceptors (Lipinski definition) is 7. The molecule has 0 aliphatic heterocycles. The number of aromatic nitrogens is 3. The molecule has 0 amide bonds. The lowest BCUT2D eigenvalue weighted by atomic mass is 10.2. The van der Waals surface area contributed by atoms with Crippen LogP contribution < -0.4 is 5.32 Å². The third-order valence-electron chi connectivity index (χ3n) is 2.75. The molecule has 7 heteroatoms. The molecular weight excluding hydrogens is 316 g/mol. The summed E-state index contributed by atoms with van der Waals surface area (Å²) < 4.78 is 6.68. The van der Waals surface area contributed by atoms with Gasteiger partial charge in [0.15, 0.2) is 10.1 Å². The van der Waals surface area contributed by atoms with E-state index in [0.29, 0.717) is 17.7 Å². The first-order valence-electron chi connectivity index (χ1n) is 6.93. The fraction of sp³-hybridized carbons (Fsp3) is 0.267. The Balaban J connectivity index is 1.60. The molecule has 22 heavy (non-hydrogen) atoms. The zero-order valence-corrected chi connectivity index (χ0v) is 13.9. The highest BCUT2D eigenvalue weighted by molar-refractivity contribution is 8.00. The number of oxazole rings is 1. The highest BCUT2D eigenvalue weighted by atomic mass is 32.2. The molecule has 0 fully saturated rings. The van der Waals surface area contributed by atoms with E-state index < -0.39 is 0 Å². The number of anilines is 1. The first-order chi connectivity index (χ1) is 10.7. The Morgan fingerprint density at radius 2 is 2.05 bits per heavy atom. The van der Waals surface area contributed by atoms with Gasteiger partial charge in [0.2, 0.25) is 11.0 Å². The summed E-state index contributed by atoms with van der Waals surface area (Å²) >= 11 is 3.12. The zero-order valence-electron chi connectivity index (χ0n) is 12.3. The average molecular weight is 332 g/mol. The minimum atomic E-state index is 0.353. The van der Waals surface area contributed by atoms with Crippen molar-refractivity contribution in [1.82, 2.24) is 15.2 Å².